The molecule has 23 heavy (non-hydrogen) atoms. The molecule has 2 aliphatic rings. The molecule has 0 aromatic heterocycles. The van der Waals surface area contributed by atoms with Gasteiger partial charge in [-0.3, -0.25) is 9.80 Å². The first-order chi connectivity index (χ1) is 11.2. The number of β-amino-alcohol motifs (C(OH)–C–C–N with tert-alkyl or cyclic N) is 1. The smallest absolute Gasteiger partial charge is 0.123 e. The van der Waals surface area contributed by atoms with Gasteiger partial charge in [0.1, 0.15) is 5.82 Å². The lowest BCUT2D eigenvalue weighted by molar-refractivity contribution is 0.0810. The Labute approximate surface area is 137 Å². The highest BCUT2D eigenvalue weighted by atomic mass is 19.1. The third kappa shape index (κ3) is 4.10. The zero-order valence-corrected chi connectivity index (χ0v) is 13.6. The van der Waals surface area contributed by atoms with Gasteiger partial charge in [-0.05, 0) is 56.5 Å². The predicted octanol–water partition coefficient (Wildman–Crippen LogP) is 1.78. The molecule has 0 bridgehead atoms. The molecule has 3 unspecified atom stereocenters. The largest absolute Gasteiger partial charge is 0.395 e. The van der Waals surface area contributed by atoms with Crippen LogP contribution in [0.5, 0.6) is 0 Å². The number of halogens is 1. The van der Waals surface area contributed by atoms with Gasteiger partial charge in [0.15, 0.2) is 0 Å². The Balaban J connectivity index is 1.57. The van der Waals surface area contributed by atoms with Crippen molar-refractivity contribution in [3.63, 3.8) is 0 Å². The number of aliphatic hydroxyl groups is 2. The van der Waals surface area contributed by atoms with Crippen molar-refractivity contribution in [1.29, 1.82) is 0 Å². The van der Waals surface area contributed by atoms with Crippen molar-refractivity contribution in [2.45, 2.75) is 43.9 Å². The van der Waals surface area contributed by atoms with Crippen LogP contribution in [0.25, 0.3) is 0 Å². The number of nitrogens with zero attached hydrogens (tertiary/aromatic N) is 2. The van der Waals surface area contributed by atoms with Crippen LogP contribution in [-0.2, 0) is 0 Å². The van der Waals surface area contributed by atoms with Gasteiger partial charge in [-0.2, -0.15) is 0 Å². The fourth-order valence-corrected chi connectivity index (χ4v) is 3.97. The van der Waals surface area contributed by atoms with Crippen molar-refractivity contribution >= 4 is 0 Å². The van der Waals surface area contributed by atoms with Crippen LogP contribution in [0.3, 0.4) is 0 Å². The Bertz CT molecular complexity index is 496. The molecule has 2 heterocycles. The van der Waals surface area contributed by atoms with E-state index in [1.807, 2.05) is 0 Å². The summed E-state index contributed by atoms with van der Waals surface area (Å²) < 4.78 is 13.0. The van der Waals surface area contributed by atoms with Gasteiger partial charge in [-0.15, -0.1) is 0 Å². The zero-order chi connectivity index (χ0) is 16.2. The van der Waals surface area contributed by atoms with Crippen molar-refractivity contribution in [2.75, 3.05) is 32.8 Å². The van der Waals surface area contributed by atoms with E-state index in [0.717, 1.165) is 50.9 Å². The van der Waals surface area contributed by atoms with E-state index >= 15 is 0 Å². The van der Waals surface area contributed by atoms with Crippen LogP contribution in [0.4, 0.5) is 4.39 Å². The molecule has 128 valence electrons. The first kappa shape index (κ1) is 16.8. The normalized spacial score (nSPS) is 27.6. The van der Waals surface area contributed by atoms with Crippen LogP contribution in [0.2, 0.25) is 0 Å². The minimum absolute atomic E-state index is 0.241. The molecule has 0 amide bonds. The first-order valence-electron chi connectivity index (χ1n) is 8.70. The van der Waals surface area contributed by atoms with Crippen molar-refractivity contribution in [1.82, 2.24) is 9.80 Å². The third-order valence-electron chi connectivity index (χ3n) is 5.32. The molecule has 1 aromatic rings. The van der Waals surface area contributed by atoms with Gasteiger partial charge < -0.3 is 10.2 Å². The molecule has 3 rings (SSSR count). The summed E-state index contributed by atoms with van der Waals surface area (Å²) in [5.41, 5.74) is 0.770. The van der Waals surface area contributed by atoms with E-state index in [0.29, 0.717) is 18.6 Å². The van der Waals surface area contributed by atoms with Crippen LogP contribution < -0.4 is 0 Å². The SMILES string of the molecule is OCC1CCCN1CC1CCCN1CC(O)c1ccc(F)cc1. The average molecular weight is 322 g/mol. The summed E-state index contributed by atoms with van der Waals surface area (Å²) in [5.74, 6) is -0.274. The van der Waals surface area contributed by atoms with Crippen LogP contribution in [0.15, 0.2) is 24.3 Å². The third-order valence-corrected chi connectivity index (χ3v) is 5.32. The summed E-state index contributed by atoms with van der Waals surface area (Å²) in [5, 5.41) is 19.9. The summed E-state index contributed by atoms with van der Waals surface area (Å²) in [6, 6.07) is 6.86. The van der Waals surface area contributed by atoms with Gasteiger partial charge >= 0.3 is 0 Å². The molecule has 2 saturated heterocycles. The molecule has 5 heteroatoms. The van der Waals surface area contributed by atoms with E-state index in [9.17, 15) is 14.6 Å². The van der Waals surface area contributed by atoms with E-state index in [2.05, 4.69) is 9.80 Å². The van der Waals surface area contributed by atoms with Crippen molar-refractivity contribution in [3.05, 3.63) is 35.6 Å². The second-order valence-electron chi connectivity index (χ2n) is 6.83. The quantitative estimate of drug-likeness (QED) is 0.838. The minimum atomic E-state index is -0.580. The average Bonchev–Trinajstić information content (AvgIpc) is 3.18. The van der Waals surface area contributed by atoms with Gasteiger partial charge in [-0.1, -0.05) is 12.1 Å². The monoisotopic (exact) mass is 322 g/mol. The number of hydrogen-bond donors (Lipinski definition) is 2. The maximum Gasteiger partial charge on any atom is 0.123 e. The van der Waals surface area contributed by atoms with Crippen molar-refractivity contribution < 1.29 is 14.6 Å². The van der Waals surface area contributed by atoms with Gasteiger partial charge in [0.25, 0.3) is 0 Å². The molecule has 4 nitrogen and oxygen atoms in total. The van der Waals surface area contributed by atoms with Crippen LogP contribution in [0, 0.1) is 5.82 Å². The molecule has 1 aromatic carbocycles. The second kappa shape index (κ2) is 7.71. The molecule has 2 fully saturated rings. The minimum Gasteiger partial charge on any atom is -0.395 e. The number of likely N-dealkylation sites (tertiary alicyclic amines) is 2. The molecule has 0 aliphatic carbocycles. The predicted molar refractivity (Wildman–Crippen MR) is 87.6 cm³/mol. The molecule has 0 radical (unpaired) electrons. The Morgan fingerprint density at radius 3 is 2.39 bits per heavy atom. The molecule has 0 saturated carbocycles. The maximum absolute atomic E-state index is 13.0. The first-order valence-corrected chi connectivity index (χ1v) is 8.70. The maximum atomic E-state index is 13.0. The van der Waals surface area contributed by atoms with E-state index in [4.69, 9.17) is 0 Å². The van der Waals surface area contributed by atoms with E-state index < -0.39 is 6.10 Å². The van der Waals surface area contributed by atoms with Gasteiger partial charge in [0.2, 0.25) is 0 Å². The van der Waals surface area contributed by atoms with E-state index in [-0.39, 0.29) is 12.4 Å². The van der Waals surface area contributed by atoms with Gasteiger partial charge in [-0.25, -0.2) is 4.39 Å². The number of hydrogen-bond acceptors (Lipinski definition) is 4. The Morgan fingerprint density at radius 1 is 1.04 bits per heavy atom. The Morgan fingerprint density at radius 2 is 1.70 bits per heavy atom. The van der Waals surface area contributed by atoms with E-state index in [1.165, 1.54) is 12.1 Å². The van der Waals surface area contributed by atoms with E-state index in [1.54, 1.807) is 12.1 Å². The number of benzene rings is 1. The molecular weight excluding hydrogens is 295 g/mol. The highest BCUT2D eigenvalue weighted by molar-refractivity contribution is 5.18. The van der Waals surface area contributed by atoms with Gasteiger partial charge in [0.05, 0.1) is 12.7 Å². The molecule has 2 aliphatic heterocycles. The fourth-order valence-electron chi connectivity index (χ4n) is 3.97. The molecule has 2 N–H and O–H groups in total. The Hall–Kier alpha value is -1.01. The van der Waals surface area contributed by atoms with Crippen LogP contribution >= 0.6 is 0 Å². The summed E-state index contributed by atoms with van der Waals surface area (Å²) in [7, 11) is 0. The van der Waals surface area contributed by atoms with Crippen LogP contribution in [0.1, 0.15) is 37.4 Å². The lowest BCUT2D eigenvalue weighted by atomic mass is 10.1. The zero-order valence-electron chi connectivity index (χ0n) is 13.6. The highest BCUT2D eigenvalue weighted by Crippen LogP contribution is 2.25. The second-order valence-corrected chi connectivity index (χ2v) is 6.83. The molecule has 0 spiro atoms. The number of rotatable bonds is 6. The Kier molecular flexibility index (Phi) is 5.64. The summed E-state index contributed by atoms with van der Waals surface area (Å²) in [4.78, 5) is 4.74. The summed E-state index contributed by atoms with van der Waals surface area (Å²) >= 11 is 0. The van der Waals surface area contributed by atoms with Crippen molar-refractivity contribution in [2.24, 2.45) is 0 Å². The van der Waals surface area contributed by atoms with Crippen LogP contribution in [-0.4, -0.2) is 64.9 Å². The highest BCUT2D eigenvalue weighted by Gasteiger charge is 2.32. The van der Waals surface area contributed by atoms with Crippen molar-refractivity contribution in [3.8, 4) is 0 Å². The van der Waals surface area contributed by atoms with Gasteiger partial charge in [0, 0.05) is 25.2 Å². The fraction of sp³-hybridized carbons (Fsp3) is 0.667. The number of aliphatic hydroxyl groups excluding tert-OH is 2. The summed E-state index contributed by atoms with van der Waals surface area (Å²) in [6.07, 6.45) is 3.96. The molecular formula is C18H27FN2O2. The lowest BCUT2D eigenvalue weighted by Gasteiger charge is -2.32. The molecule has 3 atom stereocenters. The lowest BCUT2D eigenvalue weighted by Crippen LogP contribution is -2.44. The standard InChI is InChI=1S/C18H27FN2O2/c19-15-7-5-14(6-8-15)18(23)12-21-10-1-3-16(21)11-20-9-2-4-17(20)13-22/h5-8,16-18,22-23H,1-4,9-13H2. The summed E-state index contributed by atoms with van der Waals surface area (Å²) in [6.45, 7) is 3.87. The topological polar surface area (TPSA) is 46.9 Å².